The van der Waals surface area contributed by atoms with Gasteiger partial charge in [-0.25, -0.2) is 9.18 Å². The fourth-order valence-electron chi connectivity index (χ4n) is 2.90. The second kappa shape index (κ2) is 5.52. The fourth-order valence-corrected chi connectivity index (χ4v) is 2.90. The summed E-state index contributed by atoms with van der Waals surface area (Å²) in [6, 6.07) is 2.90. The molecule has 0 aromatic heterocycles. The molecule has 21 heavy (non-hydrogen) atoms. The van der Waals surface area contributed by atoms with Crippen LogP contribution < -0.4 is 9.64 Å². The van der Waals surface area contributed by atoms with Crippen molar-refractivity contribution in [2.75, 3.05) is 38.1 Å². The quantitative estimate of drug-likeness (QED) is 0.892. The van der Waals surface area contributed by atoms with E-state index in [2.05, 4.69) is 16.8 Å². The molecule has 3 rings (SSSR count). The summed E-state index contributed by atoms with van der Waals surface area (Å²) in [5, 5.41) is 9.14. The zero-order chi connectivity index (χ0) is 15.0. The number of hydrogen-bond donors (Lipinski definition) is 1. The van der Waals surface area contributed by atoms with Gasteiger partial charge >= 0.3 is 5.97 Å². The third kappa shape index (κ3) is 2.81. The number of carboxylic acid groups (broad SMARTS) is 1. The van der Waals surface area contributed by atoms with Crippen LogP contribution >= 0.6 is 0 Å². The minimum Gasteiger partial charge on any atom is -0.479 e. The van der Waals surface area contributed by atoms with Crippen molar-refractivity contribution in [2.24, 2.45) is 0 Å². The molecule has 0 radical (unpaired) electrons. The fraction of sp³-hybridized carbons (Fsp3) is 0.533. The zero-order valence-corrected chi connectivity index (χ0v) is 12.0. The molecular weight excluding hydrogens is 275 g/mol. The van der Waals surface area contributed by atoms with Crippen LogP contribution in [0.4, 0.5) is 10.1 Å². The van der Waals surface area contributed by atoms with Gasteiger partial charge in [0, 0.05) is 32.2 Å². The van der Waals surface area contributed by atoms with Gasteiger partial charge in [-0.15, -0.1) is 0 Å². The molecule has 1 saturated heterocycles. The van der Waals surface area contributed by atoms with Crippen LogP contribution in [0.15, 0.2) is 12.1 Å². The molecule has 0 unspecified atom stereocenters. The molecule has 1 N–H and O–H groups in total. The Hall–Kier alpha value is -1.82. The average Bonchev–Trinajstić information content (AvgIpc) is 2.46. The van der Waals surface area contributed by atoms with Gasteiger partial charge in [-0.1, -0.05) is 0 Å². The molecule has 2 aliphatic rings. The van der Waals surface area contributed by atoms with E-state index in [0.29, 0.717) is 24.3 Å². The number of rotatable bonds is 2. The smallest absolute Gasteiger partial charge is 0.344 e. The number of aryl methyl sites for hydroxylation is 1. The Morgan fingerprint density at radius 1 is 1.33 bits per heavy atom. The van der Waals surface area contributed by atoms with E-state index in [1.165, 1.54) is 12.1 Å². The topological polar surface area (TPSA) is 53.0 Å². The third-order valence-corrected chi connectivity index (χ3v) is 4.17. The second-order valence-electron chi connectivity index (χ2n) is 5.69. The van der Waals surface area contributed by atoms with E-state index < -0.39 is 12.1 Å². The summed E-state index contributed by atoms with van der Waals surface area (Å²) >= 11 is 0. The monoisotopic (exact) mass is 294 g/mol. The number of aliphatic carboxylic acids is 1. The van der Waals surface area contributed by atoms with Crippen LogP contribution in [0.3, 0.4) is 0 Å². The Kier molecular flexibility index (Phi) is 3.71. The molecule has 5 nitrogen and oxygen atoms in total. The van der Waals surface area contributed by atoms with Crippen LogP contribution in [0.1, 0.15) is 12.0 Å². The van der Waals surface area contributed by atoms with Gasteiger partial charge in [-0.2, -0.15) is 0 Å². The van der Waals surface area contributed by atoms with Gasteiger partial charge in [0.05, 0.1) is 5.69 Å². The molecular formula is C15H19FN2O3. The molecule has 2 heterocycles. The van der Waals surface area contributed by atoms with E-state index in [1.807, 2.05) is 0 Å². The van der Waals surface area contributed by atoms with Crippen molar-refractivity contribution in [3.05, 3.63) is 23.5 Å². The maximum atomic E-state index is 13.8. The third-order valence-electron chi connectivity index (χ3n) is 4.17. The molecule has 114 valence electrons. The first-order chi connectivity index (χ1) is 10.0. The molecule has 2 aliphatic heterocycles. The number of piperazine rings is 1. The second-order valence-corrected chi connectivity index (χ2v) is 5.69. The van der Waals surface area contributed by atoms with Gasteiger partial charge in [0.15, 0.2) is 6.10 Å². The van der Waals surface area contributed by atoms with Crippen LogP contribution in [-0.4, -0.2) is 55.3 Å². The first-order valence-corrected chi connectivity index (χ1v) is 7.20. The summed E-state index contributed by atoms with van der Waals surface area (Å²) in [7, 11) is 2.05. The number of fused-ring (bicyclic) bond motifs is 1. The number of carboxylic acids is 1. The molecule has 0 amide bonds. The highest BCUT2D eigenvalue weighted by Gasteiger charge is 2.30. The van der Waals surface area contributed by atoms with Crippen LogP contribution in [0.25, 0.3) is 0 Å². The maximum absolute atomic E-state index is 13.8. The lowest BCUT2D eigenvalue weighted by molar-refractivity contribution is -0.145. The Bertz CT molecular complexity index is 556. The Balaban J connectivity index is 1.93. The van der Waals surface area contributed by atoms with Crippen LogP contribution in [0.2, 0.25) is 0 Å². The number of hydrogen-bond acceptors (Lipinski definition) is 4. The van der Waals surface area contributed by atoms with Crippen LogP contribution in [-0.2, 0) is 11.2 Å². The van der Waals surface area contributed by atoms with Crippen LogP contribution in [0, 0.1) is 5.82 Å². The standard InChI is InChI=1S/C15H19FN2O3/c1-17-4-6-18(7-5-17)12-9-11(16)8-10-2-3-13(15(19)20)21-14(10)12/h8-9,13H,2-7H2,1H3,(H,19,20)/t13-/m0/s1. The predicted molar refractivity (Wildman–Crippen MR) is 76.5 cm³/mol. The summed E-state index contributed by atoms with van der Waals surface area (Å²) in [4.78, 5) is 15.4. The minimum absolute atomic E-state index is 0.292. The number of benzene rings is 1. The first-order valence-electron chi connectivity index (χ1n) is 7.20. The zero-order valence-electron chi connectivity index (χ0n) is 12.0. The maximum Gasteiger partial charge on any atom is 0.344 e. The number of anilines is 1. The highest BCUT2D eigenvalue weighted by molar-refractivity contribution is 5.74. The van der Waals surface area contributed by atoms with Crippen molar-refractivity contribution < 1.29 is 19.0 Å². The van der Waals surface area contributed by atoms with E-state index in [0.717, 1.165) is 31.7 Å². The molecule has 0 spiro atoms. The molecule has 0 bridgehead atoms. The average molecular weight is 294 g/mol. The molecule has 1 aromatic rings. The summed E-state index contributed by atoms with van der Waals surface area (Å²) in [6.45, 7) is 3.36. The number of nitrogens with zero attached hydrogens (tertiary/aromatic N) is 2. The number of ether oxygens (including phenoxy) is 1. The summed E-state index contributed by atoms with van der Waals surface area (Å²) in [5.74, 6) is -0.714. The molecule has 0 aliphatic carbocycles. The van der Waals surface area contributed by atoms with Crippen molar-refractivity contribution in [3.63, 3.8) is 0 Å². The van der Waals surface area contributed by atoms with Crippen molar-refractivity contribution in [2.45, 2.75) is 18.9 Å². The molecule has 0 saturated carbocycles. The number of carbonyl (C=O) groups is 1. The highest BCUT2D eigenvalue weighted by Crippen LogP contribution is 2.38. The van der Waals surface area contributed by atoms with E-state index in [1.54, 1.807) is 0 Å². The number of likely N-dealkylation sites (N-methyl/N-ethyl adjacent to an activating group) is 1. The molecule has 1 fully saturated rings. The first kappa shape index (κ1) is 14.1. The lowest BCUT2D eigenvalue weighted by Crippen LogP contribution is -2.45. The van der Waals surface area contributed by atoms with Crippen LogP contribution in [0.5, 0.6) is 5.75 Å². The van der Waals surface area contributed by atoms with E-state index in [-0.39, 0.29) is 5.82 Å². The van der Waals surface area contributed by atoms with Gasteiger partial charge in [0.2, 0.25) is 0 Å². The lowest BCUT2D eigenvalue weighted by atomic mass is 10.0. The van der Waals surface area contributed by atoms with E-state index in [9.17, 15) is 9.18 Å². The molecule has 1 atom stereocenters. The lowest BCUT2D eigenvalue weighted by Gasteiger charge is -2.36. The highest BCUT2D eigenvalue weighted by atomic mass is 19.1. The summed E-state index contributed by atoms with van der Waals surface area (Å²) in [5.41, 5.74) is 1.45. The van der Waals surface area contributed by atoms with Crippen molar-refractivity contribution in [1.82, 2.24) is 4.90 Å². The van der Waals surface area contributed by atoms with Gasteiger partial charge in [0.1, 0.15) is 11.6 Å². The van der Waals surface area contributed by atoms with Crippen molar-refractivity contribution in [1.29, 1.82) is 0 Å². The normalized spacial score (nSPS) is 22.6. The largest absolute Gasteiger partial charge is 0.479 e. The SMILES string of the molecule is CN1CCN(c2cc(F)cc3c2O[C@H](C(=O)O)CC3)CC1. The summed E-state index contributed by atoms with van der Waals surface area (Å²) < 4.78 is 19.5. The Labute approximate surface area is 122 Å². The molecule has 6 heteroatoms. The minimum atomic E-state index is -0.964. The predicted octanol–water partition coefficient (Wildman–Crippen LogP) is 1.36. The molecule has 1 aromatic carbocycles. The van der Waals surface area contributed by atoms with Gasteiger partial charge in [0.25, 0.3) is 0 Å². The Morgan fingerprint density at radius 3 is 2.71 bits per heavy atom. The van der Waals surface area contributed by atoms with Gasteiger partial charge < -0.3 is 19.6 Å². The summed E-state index contributed by atoms with van der Waals surface area (Å²) in [6.07, 6.45) is 0.0767. The van der Waals surface area contributed by atoms with Gasteiger partial charge in [-0.3, -0.25) is 0 Å². The van der Waals surface area contributed by atoms with E-state index in [4.69, 9.17) is 9.84 Å². The van der Waals surface area contributed by atoms with Crippen molar-refractivity contribution >= 4 is 11.7 Å². The van der Waals surface area contributed by atoms with Crippen molar-refractivity contribution in [3.8, 4) is 5.75 Å². The van der Waals surface area contributed by atoms with E-state index >= 15 is 0 Å². The number of halogens is 1. The van der Waals surface area contributed by atoms with Gasteiger partial charge in [-0.05, 0) is 31.5 Å². The Morgan fingerprint density at radius 2 is 2.05 bits per heavy atom.